The standard InChI is InChI=1S/C21H21F6N5O3/c1-10-5-15(18-31-32-19(34-18)29-11-3-2-4-13(33)6-11)30-17-14(10)7-12(28-9-20(22,23)24)8-16(17)35-21(25,26)27/h5,7-8,11,13,28,33H,2-4,6,9H2,1H3,(H,29,32)/t11-,13+/m1/s1. The second kappa shape index (κ2) is 9.40. The predicted octanol–water partition coefficient (Wildman–Crippen LogP) is 5.18. The summed E-state index contributed by atoms with van der Waals surface area (Å²) in [6, 6.07) is 3.51. The van der Waals surface area contributed by atoms with Crippen molar-refractivity contribution in [2.45, 2.75) is 57.3 Å². The van der Waals surface area contributed by atoms with Gasteiger partial charge in [-0.05, 0) is 50.3 Å². The van der Waals surface area contributed by atoms with Gasteiger partial charge in [-0.15, -0.1) is 18.3 Å². The molecule has 0 amide bonds. The van der Waals surface area contributed by atoms with Crippen molar-refractivity contribution in [2.24, 2.45) is 0 Å². The molecule has 0 saturated heterocycles. The molecule has 190 valence electrons. The first-order valence-corrected chi connectivity index (χ1v) is 10.7. The smallest absolute Gasteiger partial charge is 0.403 e. The highest BCUT2D eigenvalue weighted by molar-refractivity contribution is 5.92. The van der Waals surface area contributed by atoms with E-state index in [-0.39, 0.29) is 40.2 Å². The van der Waals surface area contributed by atoms with Gasteiger partial charge in [0.25, 0.3) is 5.89 Å². The zero-order valence-corrected chi connectivity index (χ0v) is 18.3. The minimum Gasteiger partial charge on any atom is -0.403 e. The van der Waals surface area contributed by atoms with Crippen LogP contribution in [-0.2, 0) is 0 Å². The molecular weight excluding hydrogens is 484 g/mol. The Bertz CT molecular complexity index is 1200. The first-order valence-electron chi connectivity index (χ1n) is 10.7. The lowest BCUT2D eigenvalue weighted by molar-refractivity contribution is -0.274. The minimum atomic E-state index is -5.10. The lowest BCUT2D eigenvalue weighted by Crippen LogP contribution is -2.29. The van der Waals surface area contributed by atoms with Crippen LogP contribution < -0.4 is 15.4 Å². The topological polar surface area (TPSA) is 105 Å². The first kappa shape index (κ1) is 24.8. The molecule has 3 N–H and O–H groups in total. The van der Waals surface area contributed by atoms with Crippen LogP contribution in [-0.4, -0.2) is 51.5 Å². The van der Waals surface area contributed by atoms with Crippen LogP contribution in [0.1, 0.15) is 31.2 Å². The van der Waals surface area contributed by atoms with Gasteiger partial charge in [0.2, 0.25) is 0 Å². The number of aromatic nitrogens is 3. The number of nitrogens with zero attached hydrogens (tertiary/aromatic N) is 3. The molecule has 3 aromatic rings. The number of hydrogen-bond donors (Lipinski definition) is 3. The molecule has 1 aliphatic carbocycles. The normalized spacial score (nSPS) is 19.1. The van der Waals surface area contributed by atoms with Gasteiger partial charge in [0.1, 0.15) is 17.8 Å². The van der Waals surface area contributed by atoms with E-state index < -0.39 is 30.9 Å². The number of pyridine rings is 1. The van der Waals surface area contributed by atoms with Gasteiger partial charge in [-0.1, -0.05) is 5.10 Å². The summed E-state index contributed by atoms with van der Waals surface area (Å²) in [5.41, 5.74) is 0.00159. The Labute approximate surface area is 194 Å². The quantitative estimate of drug-likeness (QED) is 0.394. The number of ether oxygens (including phenoxy) is 1. The Hall–Kier alpha value is -3.29. The highest BCUT2D eigenvalue weighted by Crippen LogP contribution is 2.36. The number of halogens is 6. The number of nitrogens with one attached hydrogen (secondary N) is 2. The average Bonchev–Trinajstić information content (AvgIpc) is 3.19. The van der Waals surface area contributed by atoms with E-state index in [0.717, 1.165) is 18.9 Å². The second-order valence-electron chi connectivity index (χ2n) is 8.29. The van der Waals surface area contributed by atoms with Crippen LogP contribution in [0.15, 0.2) is 22.6 Å². The molecule has 8 nitrogen and oxygen atoms in total. The minimum absolute atomic E-state index is 0.0576. The molecule has 1 aliphatic rings. The van der Waals surface area contributed by atoms with Crippen LogP contribution in [0.3, 0.4) is 0 Å². The molecule has 0 radical (unpaired) electrons. The van der Waals surface area contributed by atoms with Gasteiger partial charge in [0.15, 0.2) is 5.75 Å². The van der Waals surface area contributed by atoms with Crippen LogP contribution >= 0.6 is 0 Å². The largest absolute Gasteiger partial charge is 0.573 e. The van der Waals surface area contributed by atoms with Crippen LogP contribution in [0.2, 0.25) is 0 Å². The van der Waals surface area contributed by atoms with Crippen molar-refractivity contribution in [2.75, 3.05) is 17.2 Å². The SMILES string of the molecule is Cc1cc(-c2nnc(N[C@@H]3CCC[C@H](O)C3)o2)nc2c(OC(F)(F)F)cc(NCC(F)(F)F)cc12. The number of alkyl halides is 6. The monoisotopic (exact) mass is 505 g/mol. The third-order valence-corrected chi connectivity index (χ3v) is 5.42. The van der Waals surface area contributed by atoms with Gasteiger partial charge in [0, 0.05) is 23.2 Å². The first-order chi connectivity index (χ1) is 16.4. The van der Waals surface area contributed by atoms with E-state index in [1.165, 1.54) is 12.1 Å². The average molecular weight is 505 g/mol. The zero-order chi connectivity index (χ0) is 25.4. The molecule has 1 fully saturated rings. The van der Waals surface area contributed by atoms with Gasteiger partial charge >= 0.3 is 18.6 Å². The van der Waals surface area contributed by atoms with Gasteiger partial charge < -0.3 is 24.9 Å². The predicted molar refractivity (Wildman–Crippen MR) is 113 cm³/mol. The van der Waals surface area contributed by atoms with E-state index in [0.29, 0.717) is 18.4 Å². The Morgan fingerprint density at radius 1 is 1.11 bits per heavy atom. The fourth-order valence-corrected chi connectivity index (χ4v) is 3.93. The maximum Gasteiger partial charge on any atom is 0.573 e. The van der Waals surface area contributed by atoms with Crippen molar-refractivity contribution in [1.82, 2.24) is 15.2 Å². The molecule has 2 heterocycles. The van der Waals surface area contributed by atoms with Crippen molar-refractivity contribution >= 4 is 22.6 Å². The molecule has 2 aromatic heterocycles. The highest BCUT2D eigenvalue weighted by Gasteiger charge is 2.33. The van der Waals surface area contributed by atoms with E-state index in [1.807, 2.05) is 0 Å². The van der Waals surface area contributed by atoms with Crippen molar-refractivity contribution in [3.05, 3.63) is 23.8 Å². The van der Waals surface area contributed by atoms with E-state index in [1.54, 1.807) is 6.92 Å². The summed E-state index contributed by atoms with van der Waals surface area (Å²) in [7, 11) is 0. The van der Waals surface area contributed by atoms with Crippen LogP contribution in [0.4, 0.5) is 38.0 Å². The lowest BCUT2D eigenvalue weighted by atomic mass is 9.93. The summed E-state index contributed by atoms with van der Waals surface area (Å²) < 4.78 is 86.5. The third-order valence-electron chi connectivity index (χ3n) is 5.42. The molecular formula is C21H21F6N5O3. The lowest BCUT2D eigenvalue weighted by Gasteiger charge is -2.25. The number of aliphatic hydroxyl groups is 1. The van der Waals surface area contributed by atoms with Gasteiger partial charge in [0.05, 0.1) is 6.10 Å². The molecule has 1 aromatic carbocycles. The Morgan fingerprint density at radius 2 is 1.89 bits per heavy atom. The van der Waals surface area contributed by atoms with E-state index in [9.17, 15) is 31.4 Å². The summed E-state index contributed by atoms with van der Waals surface area (Å²) in [4.78, 5) is 4.17. The highest BCUT2D eigenvalue weighted by atomic mass is 19.4. The number of rotatable bonds is 6. The summed E-state index contributed by atoms with van der Waals surface area (Å²) in [5, 5.41) is 22.8. The van der Waals surface area contributed by atoms with Crippen LogP contribution in [0.25, 0.3) is 22.5 Å². The molecule has 4 rings (SSSR count). The van der Waals surface area contributed by atoms with Crippen molar-refractivity contribution in [1.29, 1.82) is 0 Å². The maximum atomic E-state index is 13.0. The summed E-state index contributed by atoms with van der Waals surface area (Å²) >= 11 is 0. The fraction of sp³-hybridized carbons (Fsp3) is 0.476. The number of benzene rings is 1. The molecule has 0 bridgehead atoms. The van der Waals surface area contributed by atoms with E-state index >= 15 is 0 Å². The van der Waals surface area contributed by atoms with E-state index in [4.69, 9.17) is 4.42 Å². The fourth-order valence-electron chi connectivity index (χ4n) is 3.93. The number of fused-ring (bicyclic) bond motifs is 1. The molecule has 0 aliphatic heterocycles. The summed E-state index contributed by atoms with van der Waals surface area (Å²) in [6.07, 6.45) is -7.27. The molecule has 0 unspecified atom stereocenters. The Balaban J connectivity index is 1.67. The third kappa shape index (κ3) is 6.44. The van der Waals surface area contributed by atoms with E-state index in [2.05, 4.69) is 30.6 Å². The van der Waals surface area contributed by atoms with Crippen molar-refractivity contribution < 1.29 is 40.6 Å². The van der Waals surface area contributed by atoms with Crippen LogP contribution in [0, 0.1) is 6.92 Å². The van der Waals surface area contributed by atoms with Gasteiger partial charge in [-0.25, -0.2) is 4.98 Å². The van der Waals surface area contributed by atoms with Crippen molar-refractivity contribution in [3.63, 3.8) is 0 Å². The number of aliphatic hydroxyl groups excluding tert-OH is 1. The summed E-state index contributed by atoms with van der Waals surface area (Å²) in [5.74, 6) is -0.857. The van der Waals surface area contributed by atoms with Crippen LogP contribution in [0.5, 0.6) is 5.75 Å². The number of aryl methyl sites for hydroxylation is 1. The molecule has 1 saturated carbocycles. The van der Waals surface area contributed by atoms with Crippen molar-refractivity contribution in [3.8, 4) is 17.3 Å². The summed E-state index contributed by atoms with van der Waals surface area (Å²) in [6.45, 7) is 0.113. The molecule has 2 atom stereocenters. The Morgan fingerprint density at radius 3 is 2.57 bits per heavy atom. The van der Waals surface area contributed by atoms with Gasteiger partial charge in [-0.2, -0.15) is 13.2 Å². The van der Waals surface area contributed by atoms with Gasteiger partial charge in [-0.3, -0.25) is 0 Å². The molecule has 0 spiro atoms. The maximum absolute atomic E-state index is 13.0. The molecule has 35 heavy (non-hydrogen) atoms. The molecule has 14 heteroatoms. The zero-order valence-electron chi connectivity index (χ0n) is 18.3. The number of hydrogen-bond acceptors (Lipinski definition) is 8. The number of anilines is 2. The second-order valence-corrected chi connectivity index (χ2v) is 8.29. The Kier molecular flexibility index (Phi) is 6.66.